The summed E-state index contributed by atoms with van der Waals surface area (Å²) in [6.45, 7) is 1.68. The summed E-state index contributed by atoms with van der Waals surface area (Å²) in [6, 6.07) is 5.06. The third kappa shape index (κ3) is 2.97. The Kier molecular flexibility index (Phi) is 4.12. The van der Waals surface area contributed by atoms with E-state index in [2.05, 4.69) is 5.32 Å². The molecule has 2 saturated heterocycles. The molecular weight excluding hydrogens is 322 g/mol. The number of thiocarbonyl (C=S) groups is 1. The Bertz CT molecular complexity index is 697. The normalized spacial score (nSPS) is 19.8. The van der Waals surface area contributed by atoms with E-state index in [-0.39, 0.29) is 16.5 Å². The van der Waals surface area contributed by atoms with Gasteiger partial charge >= 0.3 is 0 Å². The number of nitro benzene ring substituents is 1. The Balaban J connectivity index is 1.95. The predicted octanol–water partition coefficient (Wildman–Crippen LogP) is 2.68. The van der Waals surface area contributed by atoms with Gasteiger partial charge in [0.05, 0.1) is 9.83 Å². The molecule has 3 rings (SSSR count). The van der Waals surface area contributed by atoms with Crippen molar-refractivity contribution < 1.29 is 9.72 Å². The lowest BCUT2D eigenvalue weighted by atomic mass is 10.1. The highest BCUT2D eigenvalue weighted by Crippen LogP contribution is 2.33. The number of nitro groups is 1. The molecule has 0 aromatic heterocycles. The average molecular weight is 335 g/mol. The van der Waals surface area contributed by atoms with Crippen molar-refractivity contribution in [3.63, 3.8) is 0 Å². The van der Waals surface area contributed by atoms with E-state index in [4.69, 9.17) is 12.2 Å². The van der Waals surface area contributed by atoms with E-state index >= 15 is 0 Å². The molecule has 6 nitrogen and oxygen atoms in total. The van der Waals surface area contributed by atoms with Gasteiger partial charge in [-0.1, -0.05) is 30.0 Å². The van der Waals surface area contributed by atoms with Crippen LogP contribution in [0.3, 0.4) is 0 Å². The Morgan fingerprint density at radius 2 is 2.09 bits per heavy atom. The maximum absolute atomic E-state index is 11.7. The van der Waals surface area contributed by atoms with Crippen molar-refractivity contribution in [2.24, 2.45) is 0 Å². The van der Waals surface area contributed by atoms with Crippen molar-refractivity contribution in [1.29, 1.82) is 0 Å². The summed E-state index contributed by atoms with van der Waals surface area (Å²) in [5.74, 6) is -0.263. The molecule has 0 aliphatic carbocycles. The van der Waals surface area contributed by atoms with Crippen LogP contribution < -0.4 is 10.2 Å². The van der Waals surface area contributed by atoms with Gasteiger partial charge in [-0.3, -0.25) is 14.9 Å². The van der Waals surface area contributed by atoms with Crippen LogP contribution in [-0.2, 0) is 4.79 Å². The van der Waals surface area contributed by atoms with Gasteiger partial charge in [0.1, 0.15) is 10.0 Å². The summed E-state index contributed by atoms with van der Waals surface area (Å²) in [5, 5.41) is 13.9. The second kappa shape index (κ2) is 6.05. The van der Waals surface area contributed by atoms with E-state index in [1.165, 1.54) is 6.07 Å². The molecule has 2 fully saturated rings. The molecular formula is C14H13N3O3S2. The lowest BCUT2D eigenvalue weighted by molar-refractivity contribution is -0.384. The maximum atomic E-state index is 11.7. The lowest BCUT2D eigenvalue weighted by Gasteiger charge is -2.17. The average Bonchev–Trinajstić information content (AvgIpc) is 3.09. The Morgan fingerprint density at radius 3 is 2.68 bits per heavy atom. The molecule has 22 heavy (non-hydrogen) atoms. The fourth-order valence-electron chi connectivity index (χ4n) is 2.57. The molecule has 0 unspecified atom stereocenters. The molecule has 8 heteroatoms. The molecule has 1 N–H and O–H groups in total. The molecule has 0 spiro atoms. The second-order valence-corrected chi connectivity index (χ2v) is 6.77. The van der Waals surface area contributed by atoms with Crippen LogP contribution >= 0.6 is 24.0 Å². The topological polar surface area (TPSA) is 75.5 Å². The summed E-state index contributed by atoms with van der Waals surface area (Å²) in [6.07, 6.45) is 3.73. The summed E-state index contributed by atoms with van der Waals surface area (Å²) >= 11 is 6.09. The number of thioether (sulfide) groups is 1. The van der Waals surface area contributed by atoms with Gasteiger partial charge in [-0.2, -0.15) is 0 Å². The summed E-state index contributed by atoms with van der Waals surface area (Å²) in [5.41, 5.74) is 1.34. The van der Waals surface area contributed by atoms with E-state index < -0.39 is 0 Å². The zero-order valence-electron chi connectivity index (χ0n) is 11.6. The van der Waals surface area contributed by atoms with Crippen LogP contribution in [-0.4, -0.2) is 28.2 Å². The van der Waals surface area contributed by atoms with Crippen LogP contribution in [0.15, 0.2) is 23.1 Å². The van der Waals surface area contributed by atoms with Gasteiger partial charge < -0.3 is 10.2 Å². The number of carbonyl (C=O) groups is 1. The minimum atomic E-state index is -0.373. The second-order valence-electron chi connectivity index (χ2n) is 5.05. The Hall–Kier alpha value is -1.93. The van der Waals surface area contributed by atoms with Crippen LogP contribution in [0.1, 0.15) is 18.4 Å². The van der Waals surface area contributed by atoms with E-state index in [1.807, 2.05) is 4.90 Å². The number of hydrogen-bond donors (Lipinski definition) is 1. The van der Waals surface area contributed by atoms with Gasteiger partial charge in [0.25, 0.3) is 11.6 Å². The quantitative estimate of drug-likeness (QED) is 0.396. The molecule has 2 aliphatic rings. The van der Waals surface area contributed by atoms with Crippen LogP contribution in [0.25, 0.3) is 6.08 Å². The fraction of sp³-hybridized carbons (Fsp3) is 0.286. The van der Waals surface area contributed by atoms with Crippen molar-refractivity contribution in [2.75, 3.05) is 18.0 Å². The highest BCUT2D eigenvalue weighted by molar-refractivity contribution is 8.26. The largest absolute Gasteiger partial charge is 0.366 e. The first-order valence-electron chi connectivity index (χ1n) is 6.83. The van der Waals surface area contributed by atoms with Gasteiger partial charge in [0.2, 0.25) is 0 Å². The molecule has 0 atom stereocenters. The highest BCUT2D eigenvalue weighted by Gasteiger charge is 2.24. The van der Waals surface area contributed by atoms with E-state index in [1.54, 1.807) is 18.2 Å². The fourth-order valence-corrected chi connectivity index (χ4v) is 3.62. The molecule has 2 aliphatic heterocycles. The number of amides is 1. The number of rotatable bonds is 3. The maximum Gasteiger partial charge on any atom is 0.293 e. The molecule has 0 bridgehead atoms. The summed E-state index contributed by atoms with van der Waals surface area (Å²) < 4.78 is 0.402. The smallest absolute Gasteiger partial charge is 0.293 e. The summed E-state index contributed by atoms with van der Waals surface area (Å²) in [7, 11) is 0. The monoisotopic (exact) mass is 335 g/mol. The van der Waals surface area contributed by atoms with Crippen molar-refractivity contribution in [3.8, 4) is 0 Å². The van der Waals surface area contributed by atoms with Crippen LogP contribution in [0.5, 0.6) is 0 Å². The zero-order valence-corrected chi connectivity index (χ0v) is 13.2. The first kappa shape index (κ1) is 15.0. The number of anilines is 1. The van der Waals surface area contributed by atoms with Crippen LogP contribution in [0, 0.1) is 10.1 Å². The van der Waals surface area contributed by atoms with Crippen molar-refractivity contribution >= 4 is 51.7 Å². The first-order chi connectivity index (χ1) is 10.5. The SMILES string of the molecule is O=C1NC(=S)S/C1=C/c1ccc(N2CCCC2)c([N+](=O)[O-])c1. The number of hydrogen-bond acceptors (Lipinski definition) is 6. The van der Waals surface area contributed by atoms with Gasteiger partial charge in [-0.25, -0.2) is 0 Å². The molecule has 114 valence electrons. The lowest BCUT2D eigenvalue weighted by Crippen LogP contribution is -2.19. The molecule has 1 aromatic rings. The van der Waals surface area contributed by atoms with Crippen molar-refractivity contribution in [2.45, 2.75) is 12.8 Å². The summed E-state index contributed by atoms with van der Waals surface area (Å²) in [4.78, 5) is 25.1. The van der Waals surface area contributed by atoms with Gasteiger partial charge in [0.15, 0.2) is 0 Å². The van der Waals surface area contributed by atoms with Gasteiger partial charge in [-0.15, -0.1) is 0 Å². The standard InChI is InChI=1S/C14H13N3O3S2/c18-13-12(22-14(21)15-13)8-9-3-4-10(11(7-9)17(19)20)16-5-1-2-6-16/h3-4,7-8H,1-2,5-6H2,(H,15,18,21)/b12-8+. The molecule has 2 heterocycles. The molecule has 0 radical (unpaired) electrons. The van der Waals surface area contributed by atoms with Crippen molar-refractivity contribution in [1.82, 2.24) is 5.32 Å². The Labute approximate surface area is 136 Å². The number of nitrogens with zero attached hydrogens (tertiary/aromatic N) is 2. The third-order valence-corrected chi connectivity index (χ3v) is 4.75. The number of carbonyl (C=O) groups excluding carboxylic acids is 1. The number of benzene rings is 1. The van der Waals surface area contributed by atoms with Gasteiger partial charge in [-0.05, 0) is 30.5 Å². The Morgan fingerprint density at radius 1 is 1.36 bits per heavy atom. The van der Waals surface area contributed by atoms with Crippen LogP contribution in [0.2, 0.25) is 0 Å². The molecule has 1 aromatic carbocycles. The van der Waals surface area contributed by atoms with E-state index in [9.17, 15) is 14.9 Å². The van der Waals surface area contributed by atoms with Crippen molar-refractivity contribution in [3.05, 3.63) is 38.8 Å². The minimum Gasteiger partial charge on any atom is -0.366 e. The van der Waals surface area contributed by atoms with E-state index in [0.717, 1.165) is 37.7 Å². The highest BCUT2D eigenvalue weighted by atomic mass is 32.2. The molecule has 1 amide bonds. The zero-order chi connectivity index (χ0) is 15.7. The minimum absolute atomic E-state index is 0.0715. The third-order valence-electron chi connectivity index (χ3n) is 3.58. The molecule has 0 saturated carbocycles. The number of nitrogens with one attached hydrogen (secondary N) is 1. The van der Waals surface area contributed by atoms with Gasteiger partial charge in [0, 0.05) is 19.2 Å². The predicted molar refractivity (Wildman–Crippen MR) is 90.9 cm³/mol. The van der Waals surface area contributed by atoms with E-state index in [0.29, 0.717) is 20.5 Å². The first-order valence-corrected chi connectivity index (χ1v) is 8.05. The van der Waals surface area contributed by atoms with Crippen LogP contribution in [0.4, 0.5) is 11.4 Å².